The highest BCUT2D eigenvalue weighted by molar-refractivity contribution is 7.28. The summed E-state index contributed by atoms with van der Waals surface area (Å²) in [6.45, 7) is 12.9. The molecule has 0 amide bonds. The van der Waals surface area contributed by atoms with E-state index in [0.717, 1.165) is 70.0 Å². The molecule has 3 atom stereocenters. The molecule has 3 unspecified atom stereocenters. The van der Waals surface area contributed by atoms with Crippen molar-refractivity contribution in [1.82, 2.24) is 25.2 Å². The fraction of sp³-hybridized carbons (Fsp3) is 0.550. The van der Waals surface area contributed by atoms with Gasteiger partial charge in [0.25, 0.3) is 0 Å². The van der Waals surface area contributed by atoms with Crippen molar-refractivity contribution in [2.75, 3.05) is 44.8 Å². The van der Waals surface area contributed by atoms with Crippen molar-refractivity contribution in [2.24, 2.45) is 0 Å². The summed E-state index contributed by atoms with van der Waals surface area (Å²) < 4.78 is 10.9. The number of rotatable bonds is 8. The normalized spacial score (nSPS) is 20.4. The summed E-state index contributed by atoms with van der Waals surface area (Å²) in [7, 11) is 4.32. The molecule has 6 heterocycles. The second-order valence-corrected chi connectivity index (χ2v) is 14.6. The van der Waals surface area contributed by atoms with E-state index in [1.54, 1.807) is 0 Å². The number of aromatic hydroxyl groups is 1. The van der Waals surface area contributed by atoms with Gasteiger partial charge in [-0.1, -0.05) is 45.9 Å². The van der Waals surface area contributed by atoms with Crippen LogP contribution in [0, 0.1) is 0 Å². The van der Waals surface area contributed by atoms with Gasteiger partial charge in [0, 0.05) is 48.7 Å². The van der Waals surface area contributed by atoms with Gasteiger partial charge in [0.15, 0.2) is 0 Å². The minimum Gasteiger partial charge on any atom is -0.508 e. The van der Waals surface area contributed by atoms with Crippen LogP contribution in [0.1, 0.15) is 84.6 Å². The second-order valence-electron chi connectivity index (χ2n) is 14.1. The molecule has 4 aliphatic heterocycles. The zero-order chi connectivity index (χ0) is 36.1. The molecule has 2 N–H and O–H groups in total. The number of phenols is 1. The molecule has 51 heavy (non-hydrogen) atoms. The number of fused-ring (bicyclic) bond motifs is 5. The molecular weight excluding hydrogens is 659 g/mol. The van der Waals surface area contributed by atoms with Gasteiger partial charge in [-0.2, -0.15) is 9.97 Å². The monoisotopic (exact) mass is 714 g/mol. The largest absolute Gasteiger partial charge is 0.508 e. The molecule has 2 bridgehead atoms. The molecule has 10 nitrogen and oxygen atoms in total. The van der Waals surface area contributed by atoms with Gasteiger partial charge in [-0.3, -0.25) is 14.7 Å². The Balaban J connectivity index is 0.000000448. The predicted molar refractivity (Wildman–Crippen MR) is 209 cm³/mol. The summed E-state index contributed by atoms with van der Waals surface area (Å²) in [6.07, 6.45) is 11.5. The first kappa shape index (κ1) is 37.2. The lowest BCUT2D eigenvalue weighted by atomic mass is 9.95. The van der Waals surface area contributed by atoms with Gasteiger partial charge < -0.3 is 24.8 Å². The maximum Gasteiger partial charge on any atom is 0.319 e. The van der Waals surface area contributed by atoms with Crippen LogP contribution in [0.3, 0.4) is 0 Å². The molecule has 11 heteroatoms. The van der Waals surface area contributed by atoms with Crippen molar-refractivity contribution in [2.45, 2.75) is 103 Å². The number of piperazine rings is 1. The third-order valence-electron chi connectivity index (χ3n) is 10.9. The summed E-state index contributed by atoms with van der Waals surface area (Å²) in [5, 5.41) is 18.4. The lowest BCUT2D eigenvalue weighted by Crippen LogP contribution is -2.51. The van der Waals surface area contributed by atoms with E-state index in [-0.39, 0.29) is 17.3 Å². The van der Waals surface area contributed by atoms with E-state index in [2.05, 4.69) is 54.2 Å². The Morgan fingerprint density at radius 2 is 1.80 bits per heavy atom. The fourth-order valence-corrected chi connectivity index (χ4v) is 8.95. The van der Waals surface area contributed by atoms with Crippen molar-refractivity contribution in [3.63, 3.8) is 0 Å². The van der Waals surface area contributed by atoms with Crippen molar-refractivity contribution >= 4 is 48.0 Å². The molecule has 274 valence electrons. The number of anilines is 1. The summed E-state index contributed by atoms with van der Waals surface area (Å²) in [5.41, 5.74) is 3.92. The first-order chi connectivity index (χ1) is 24.8. The number of phenolic OH excluding ortho intramolecular Hbond substituents is 1. The van der Waals surface area contributed by atoms with E-state index in [4.69, 9.17) is 19.7 Å². The topological polar surface area (TPSA) is 113 Å². The van der Waals surface area contributed by atoms with Crippen molar-refractivity contribution in [1.29, 1.82) is 0 Å². The second kappa shape index (κ2) is 16.4. The number of aromatic nitrogens is 3. The number of esters is 1. The van der Waals surface area contributed by atoms with E-state index in [0.29, 0.717) is 31.1 Å². The van der Waals surface area contributed by atoms with Crippen LogP contribution < -0.4 is 20.3 Å². The van der Waals surface area contributed by atoms with Crippen LogP contribution in [-0.4, -0.2) is 88.4 Å². The van der Waals surface area contributed by atoms with Gasteiger partial charge >= 0.3 is 12.0 Å². The quantitative estimate of drug-likeness (QED) is 0.154. The smallest absolute Gasteiger partial charge is 0.319 e. The number of carbonyl (C=O) groups excluding carboxylic acids is 1. The number of hydrogen-bond acceptors (Lipinski definition) is 10. The van der Waals surface area contributed by atoms with E-state index in [1.807, 2.05) is 39.1 Å². The van der Waals surface area contributed by atoms with Gasteiger partial charge in [0.1, 0.15) is 18.2 Å². The van der Waals surface area contributed by atoms with E-state index in [1.165, 1.54) is 64.3 Å². The van der Waals surface area contributed by atoms with Crippen LogP contribution in [-0.2, 0) is 16.0 Å². The number of carbonyl (C=O) groups is 1. The number of ether oxygens (including phenoxy) is 2. The zero-order valence-electron chi connectivity index (χ0n) is 31.0. The third kappa shape index (κ3) is 7.65. The molecule has 4 aromatic rings. The summed E-state index contributed by atoms with van der Waals surface area (Å²) >= 11 is 0. The van der Waals surface area contributed by atoms with Crippen molar-refractivity contribution < 1.29 is 19.4 Å². The molecule has 2 aromatic heterocycles. The van der Waals surface area contributed by atoms with Crippen LogP contribution in [0.2, 0.25) is 0 Å². The maximum atomic E-state index is 10.7. The van der Waals surface area contributed by atoms with Gasteiger partial charge in [0.2, 0.25) is 0 Å². The van der Waals surface area contributed by atoms with Gasteiger partial charge in [-0.05, 0) is 92.9 Å². The minimum atomic E-state index is -0.123. The number of nitrogens with zero attached hydrogens (tertiary/aromatic N) is 5. The fourth-order valence-electron chi connectivity index (χ4n) is 8.50. The standard InChI is InChI=1S/C33H39N6O2P.C5H10O2.C2H6/c1-2-20-6-3-7-21-14-24(40)15-25(27(20)21)28-30(42)29-26(16-34-28)31(38-17-22-8-9-23(18-38)35-22)37-32(36-29)41-19-33-10-4-12-39(33)13-5-11-33;1-3-4-5(6)7-2;1-2/h3,6-7,14-16,22-23,35,40H,2,4-5,8-13,17-19,42H2,1H3;3-4H2,1-2H3;1-2H3. The Morgan fingerprint density at radius 3 is 2.45 bits per heavy atom. The minimum absolute atomic E-state index is 0.122. The number of hydrogen-bond donors (Lipinski definition) is 2. The van der Waals surface area contributed by atoms with Gasteiger partial charge in [0.05, 0.1) is 29.2 Å². The molecule has 4 aliphatic rings. The number of aryl methyl sites for hydroxylation is 1. The number of methoxy groups -OCH3 is 1. The third-order valence-corrected chi connectivity index (χ3v) is 11.4. The Bertz CT molecular complexity index is 1830. The Hall–Kier alpha value is -3.59. The summed E-state index contributed by atoms with van der Waals surface area (Å²) in [5.74, 6) is 1.03. The molecule has 2 aromatic carbocycles. The molecule has 4 saturated heterocycles. The predicted octanol–water partition coefficient (Wildman–Crippen LogP) is 6.55. The molecule has 0 radical (unpaired) electrons. The van der Waals surface area contributed by atoms with Crippen LogP contribution in [0.15, 0.2) is 36.5 Å². The SMILES string of the molecule is CC.CCCC(=O)OC.CCc1cccc2cc(O)cc(-c3ncc4c(N5CC6CCC(C5)N6)nc(OCC56CCCN5CCC6)nc4c3P)c12. The summed E-state index contributed by atoms with van der Waals surface area (Å²) in [4.78, 5) is 30.4. The lowest BCUT2D eigenvalue weighted by molar-refractivity contribution is -0.140. The number of pyridine rings is 1. The van der Waals surface area contributed by atoms with E-state index < -0.39 is 0 Å². The highest BCUT2D eigenvalue weighted by Gasteiger charge is 2.45. The van der Waals surface area contributed by atoms with Gasteiger partial charge in [-0.25, -0.2) is 0 Å². The van der Waals surface area contributed by atoms with Crippen molar-refractivity contribution in [3.05, 3.63) is 42.1 Å². The first-order valence-electron chi connectivity index (χ1n) is 19.0. The van der Waals surface area contributed by atoms with E-state index in [9.17, 15) is 9.90 Å². The molecule has 4 fully saturated rings. The highest BCUT2D eigenvalue weighted by Crippen LogP contribution is 2.40. The number of nitrogens with one attached hydrogen (secondary N) is 1. The summed E-state index contributed by atoms with van der Waals surface area (Å²) in [6, 6.07) is 11.4. The van der Waals surface area contributed by atoms with E-state index >= 15 is 0 Å². The Morgan fingerprint density at radius 1 is 1.08 bits per heavy atom. The zero-order valence-corrected chi connectivity index (χ0v) is 32.2. The van der Waals surface area contributed by atoms with Crippen LogP contribution in [0.25, 0.3) is 32.9 Å². The Labute approximate surface area is 304 Å². The van der Waals surface area contributed by atoms with Crippen LogP contribution >= 0.6 is 9.24 Å². The molecular formula is C40H55N6O4P. The molecule has 0 spiro atoms. The average Bonchev–Trinajstić information content (AvgIpc) is 3.84. The molecule has 8 rings (SSSR count). The molecule has 0 aliphatic carbocycles. The average molecular weight is 715 g/mol. The van der Waals surface area contributed by atoms with Gasteiger partial charge in [-0.15, -0.1) is 9.24 Å². The Kier molecular flexibility index (Phi) is 11.9. The van der Waals surface area contributed by atoms with Crippen LogP contribution in [0.5, 0.6) is 11.8 Å². The lowest BCUT2D eigenvalue weighted by Gasteiger charge is -2.34. The maximum absolute atomic E-state index is 10.7. The van der Waals surface area contributed by atoms with Crippen LogP contribution in [0.4, 0.5) is 5.82 Å². The highest BCUT2D eigenvalue weighted by atomic mass is 31.0. The number of benzene rings is 2. The molecule has 0 saturated carbocycles. The van der Waals surface area contributed by atoms with Crippen molar-refractivity contribution in [3.8, 4) is 23.0 Å². The first-order valence-corrected chi connectivity index (χ1v) is 19.6.